The molecule has 0 saturated heterocycles. The van der Waals surface area contributed by atoms with Gasteiger partial charge in [0.05, 0.1) is 6.04 Å². The third-order valence-electron chi connectivity index (χ3n) is 3.07. The Kier molecular flexibility index (Phi) is 5.17. The number of carbonyl (C=O) groups excluding carboxylic acids is 1. The van der Waals surface area contributed by atoms with Crippen molar-refractivity contribution >= 4 is 33.6 Å². The number of carbonyl (C=O) groups is 1. The van der Waals surface area contributed by atoms with Crippen LogP contribution in [0.4, 0.5) is 5.69 Å². The van der Waals surface area contributed by atoms with Crippen molar-refractivity contribution < 1.29 is 4.79 Å². The average molecular weight is 345 g/mol. The Morgan fingerprint density at radius 3 is 2.62 bits per heavy atom. The fraction of sp³-hybridized carbons (Fsp3) is 0.118. The Hall–Kier alpha value is -2.07. The molecule has 108 valence electrons. The van der Waals surface area contributed by atoms with E-state index < -0.39 is 0 Å². The number of anilines is 1. The predicted molar refractivity (Wildman–Crippen MR) is 90.6 cm³/mol. The van der Waals surface area contributed by atoms with E-state index in [2.05, 4.69) is 21.2 Å². The van der Waals surface area contributed by atoms with E-state index in [1.165, 1.54) is 6.08 Å². The van der Waals surface area contributed by atoms with Gasteiger partial charge in [-0.05, 0) is 48.4 Å². The molecule has 21 heavy (non-hydrogen) atoms. The Bertz CT molecular complexity index is 650. The second-order valence-corrected chi connectivity index (χ2v) is 5.70. The van der Waals surface area contributed by atoms with Gasteiger partial charge in [-0.25, -0.2) is 0 Å². The maximum absolute atomic E-state index is 11.9. The zero-order chi connectivity index (χ0) is 15.2. The monoisotopic (exact) mass is 344 g/mol. The molecule has 0 bridgehead atoms. The molecule has 1 atom stereocenters. The molecule has 0 heterocycles. The molecule has 0 aliphatic heterocycles. The van der Waals surface area contributed by atoms with Gasteiger partial charge in [0, 0.05) is 16.2 Å². The fourth-order valence-corrected chi connectivity index (χ4v) is 2.32. The molecule has 0 spiro atoms. The van der Waals surface area contributed by atoms with E-state index in [1.54, 1.807) is 6.08 Å². The summed E-state index contributed by atoms with van der Waals surface area (Å²) in [5.41, 5.74) is 8.32. The molecule has 3 nitrogen and oxygen atoms in total. The number of amides is 1. The van der Waals surface area contributed by atoms with Crippen LogP contribution in [0.5, 0.6) is 0 Å². The minimum Gasteiger partial charge on any atom is -0.399 e. The minimum absolute atomic E-state index is 0.0499. The van der Waals surface area contributed by atoms with E-state index in [0.717, 1.165) is 15.6 Å². The van der Waals surface area contributed by atoms with Crippen molar-refractivity contribution in [2.45, 2.75) is 13.0 Å². The van der Waals surface area contributed by atoms with E-state index in [0.29, 0.717) is 5.69 Å². The van der Waals surface area contributed by atoms with Crippen molar-refractivity contribution in [3.63, 3.8) is 0 Å². The highest BCUT2D eigenvalue weighted by molar-refractivity contribution is 9.10. The van der Waals surface area contributed by atoms with Gasteiger partial charge in [-0.1, -0.05) is 40.2 Å². The van der Waals surface area contributed by atoms with Crippen molar-refractivity contribution in [3.8, 4) is 0 Å². The van der Waals surface area contributed by atoms with E-state index in [1.807, 2.05) is 55.5 Å². The van der Waals surface area contributed by atoms with Crippen LogP contribution in [0, 0.1) is 0 Å². The van der Waals surface area contributed by atoms with Crippen LogP contribution in [0.15, 0.2) is 59.1 Å². The number of nitrogens with one attached hydrogen (secondary N) is 1. The maximum Gasteiger partial charge on any atom is 0.244 e. The summed E-state index contributed by atoms with van der Waals surface area (Å²) in [6.07, 6.45) is 3.29. The van der Waals surface area contributed by atoms with E-state index in [-0.39, 0.29) is 11.9 Å². The first-order chi connectivity index (χ1) is 10.0. The van der Waals surface area contributed by atoms with Crippen molar-refractivity contribution in [2.75, 3.05) is 5.73 Å². The van der Waals surface area contributed by atoms with Gasteiger partial charge in [0.15, 0.2) is 0 Å². The van der Waals surface area contributed by atoms with Crippen molar-refractivity contribution in [1.82, 2.24) is 5.32 Å². The summed E-state index contributed by atoms with van der Waals surface area (Å²) in [5.74, 6) is -0.126. The molecule has 2 aromatic carbocycles. The van der Waals surface area contributed by atoms with Gasteiger partial charge in [-0.15, -0.1) is 0 Å². The van der Waals surface area contributed by atoms with Gasteiger partial charge in [-0.3, -0.25) is 4.79 Å². The minimum atomic E-state index is -0.126. The molecule has 4 heteroatoms. The van der Waals surface area contributed by atoms with Gasteiger partial charge in [0.2, 0.25) is 5.91 Å². The van der Waals surface area contributed by atoms with E-state index in [9.17, 15) is 4.79 Å². The zero-order valence-corrected chi connectivity index (χ0v) is 13.3. The lowest BCUT2D eigenvalue weighted by molar-refractivity contribution is -0.117. The molecular formula is C17H17BrN2O. The normalized spacial score (nSPS) is 12.3. The van der Waals surface area contributed by atoms with Crippen LogP contribution in [-0.2, 0) is 4.79 Å². The number of benzene rings is 2. The SMILES string of the molecule is CC(NC(=O)/C=C/c1ccc(N)cc1)c1cccc(Br)c1. The van der Waals surface area contributed by atoms with E-state index in [4.69, 9.17) is 5.73 Å². The molecule has 0 aromatic heterocycles. The first-order valence-electron chi connectivity index (χ1n) is 6.64. The first-order valence-corrected chi connectivity index (χ1v) is 7.43. The lowest BCUT2D eigenvalue weighted by Crippen LogP contribution is -2.24. The predicted octanol–water partition coefficient (Wildman–Crippen LogP) is 3.92. The lowest BCUT2D eigenvalue weighted by Gasteiger charge is -2.13. The van der Waals surface area contributed by atoms with Crippen molar-refractivity contribution in [2.24, 2.45) is 0 Å². The van der Waals surface area contributed by atoms with E-state index >= 15 is 0 Å². The Labute approximate surface area is 133 Å². The summed E-state index contributed by atoms with van der Waals surface area (Å²) < 4.78 is 0.999. The number of halogens is 1. The van der Waals surface area contributed by atoms with Gasteiger partial charge in [-0.2, -0.15) is 0 Å². The Morgan fingerprint density at radius 1 is 1.24 bits per heavy atom. The van der Waals surface area contributed by atoms with Gasteiger partial charge in [0.1, 0.15) is 0 Å². The number of hydrogen-bond donors (Lipinski definition) is 2. The van der Waals surface area contributed by atoms with Crippen molar-refractivity contribution in [3.05, 3.63) is 70.2 Å². The van der Waals surface area contributed by atoms with Crippen LogP contribution in [0.1, 0.15) is 24.1 Å². The van der Waals surface area contributed by atoms with Gasteiger partial charge < -0.3 is 11.1 Å². The smallest absolute Gasteiger partial charge is 0.244 e. The highest BCUT2D eigenvalue weighted by atomic mass is 79.9. The molecular weight excluding hydrogens is 328 g/mol. The molecule has 0 radical (unpaired) electrons. The van der Waals surface area contributed by atoms with Crippen LogP contribution >= 0.6 is 15.9 Å². The Balaban J connectivity index is 1.96. The summed E-state index contributed by atoms with van der Waals surface area (Å²) in [5, 5.41) is 2.93. The molecule has 0 aliphatic carbocycles. The second kappa shape index (κ2) is 7.09. The molecule has 1 amide bonds. The molecule has 1 unspecified atom stereocenters. The van der Waals surface area contributed by atoms with Crippen LogP contribution in [0.3, 0.4) is 0 Å². The summed E-state index contributed by atoms with van der Waals surface area (Å²) >= 11 is 3.43. The quantitative estimate of drug-likeness (QED) is 0.652. The Morgan fingerprint density at radius 2 is 1.95 bits per heavy atom. The molecule has 0 aliphatic rings. The second-order valence-electron chi connectivity index (χ2n) is 4.79. The standard InChI is InChI=1S/C17H17BrN2O/c1-12(14-3-2-4-15(18)11-14)20-17(21)10-7-13-5-8-16(19)9-6-13/h2-12H,19H2,1H3,(H,20,21)/b10-7+. The average Bonchev–Trinajstić information content (AvgIpc) is 2.46. The molecule has 2 rings (SSSR count). The first kappa shape index (κ1) is 15.3. The van der Waals surface area contributed by atoms with Crippen LogP contribution in [0.2, 0.25) is 0 Å². The third-order valence-corrected chi connectivity index (χ3v) is 3.56. The highest BCUT2D eigenvalue weighted by Gasteiger charge is 2.07. The van der Waals surface area contributed by atoms with Crippen LogP contribution < -0.4 is 11.1 Å². The molecule has 0 fully saturated rings. The number of hydrogen-bond acceptors (Lipinski definition) is 2. The number of rotatable bonds is 4. The van der Waals surface area contributed by atoms with Crippen LogP contribution in [-0.4, -0.2) is 5.91 Å². The lowest BCUT2D eigenvalue weighted by atomic mass is 10.1. The van der Waals surface area contributed by atoms with Crippen molar-refractivity contribution in [1.29, 1.82) is 0 Å². The topological polar surface area (TPSA) is 55.1 Å². The summed E-state index contributed by atoms with van der Waals surface area (Å²) in [6.45, 7) is 1.96. The largest absolute Gasteiger partial charge is 0.399 e. The molecule has 3 N–H and O–H groups in total. The third kappa shape index (κ3) is 4.76. The number of nitrogen functional groups attached to an aromatic ring is 1. The fourth-order valence-electron chi connectivity index (χ4n) is 1.90. The molecule has 0 saturated carbocycles. The summed E-state index contributed by atoms with van der Waals surface area (Å²) in [4.78, 5) is 11.9. The highest BCUT2D eigenvalue weighted by Crippen LogP contribution is 2.17. The van der Waals surface area contributed by atoms with Gasteiger partial charge >= 0.3 is 0 Å². The summed E-state index contributed by atoms with van der Waals surface area (Å²) in [6, 6.07) is 15.2. The van der Waals surface area contributed by atoms with Crippen LogP contribution in [0.25, 0.3) is 6.08 Å². The van der Waals surface area contributed by atoms with Gasteiger partial charge in [0.25, 0.3) is 0 Å². The maximum atomic E-state index is 11.9. The molecule has 2 aromatic rings. The zero-order valence-electron chi connectivity index (χ0n) is 11.7. The summed E-state index contributed by atoms with van der Waals surface area (Å²) in [7, 11) is 0. The number of nitrogens with two attached hydrogens (primary N) is 1.